The zero-order valence-corrected chi connectivity index (χ0v) is 14.6. The molecule has 1 aliphatic rings. The van der Waals surface area contributed by atoms with Gasteiger partial charge in [-0.2, -0.15) is 5.10 Å². The molecule has 0 unspecified atom stereocenters. The van der Waals surface area contributed by atoms with E-state index in [1.807, 2.05) is 25.1 Å². The summed E-state index contributed by atoms with van der Waals surface area (Å²) < 4.78 is 5.10. The first-order chi connectivity index (χ1) is 12.0. The molecule has 3 rings (SSSR count). The summed E-state index contributed by atoms with van der Waals surface area (Å²) >= 11 is 0. The molecule has 1 fully saturated rings. The second kappa shape index (κ2) is 7.33. The van der Waals surface area contributed by atoms with Crippen LogP contribution < -0.4 is 0 Å². The number of aromatic amines is 1. The molecule has 2 heterocycles. The van der Waals surface area contributed by atoms with Crippen LogP contribution >= 0.6 is 0 Å². The Kier molecular flexibility index (Phi) is 5.15. The maximum Gasteiger partial charge on any atom is 0.254 e. The molecule has 2 atom stereocenters. The summed E-state index contributed by atoms with van der Waals surface area (Å²) in [4.78, 5) is 19.0. The van der Waals surface area contributed by atoms with Crippen LogP contribution in [0.3, 0.4) is 0 Å². The van der Waals surface area contributed by atoms with Crippen LogP contribution in [-0.2, 0) is 4.74 Å². The number of carbonyl (C=O) groups is 1. The van der Waals surface area contributed by atoms with E-state index in [0.29, 0.717) is 43.9 Å². The number of aliphatic hydroxyl groups is 1. The number of H-pyrrole nitrogens is 1. The normalized spacial score (nSPS) is 23.6. The maximum atomic E-state index is 13.0. The van der Waals surface area contributed by atoms with Gasteiger partial charge in [0.15, 0.2) is 5.82 Å². The Bertz CT molecular complexity index is 719. The molecule has 0 bridgehead atoms. The molecule has 1 aliphatic heterocycles. The Labute approximate surface area is 147 Å². The van der Waals surface area contributed by atoms with E-state index in [0.717, 1.165) is 5.56 Å². The number of likely N-dealkylation sites (tertiary alicyclic amines) is 1. The summed E-state index contributed by atoms with van der Waals surface area (Å²) in [6.45, 7) is 3.54. The molecule has 0 saturated carbocycles. The van der Waals surface area contributed by atoms with Gasteiger partial charge in [-0.25, -0.2) is 4.98 Å². The van der Waals surface area contributed by atoms with Crippen molar-refractivity contribution in [3.05, 3.63) is 36.2 Å². The van der Waals surface area contributed by atoms with Gasteiger partial charge in [0.05, 0.1) is 11.2 Å². The third-order valence-corrected chi connectivity index (χ3v) is 5.08. The van der Waals surface area contributed by atoms with E-state index < -0.39 is 5.60 Å². The lowest BCUT2D eigenvalue weighted by atomic mass is 9.79. The minimum absolute atomic E-state index is 0.0159. The predicted octanol–water partition coefficient (Wildman–Crippen LogP) is 1.72. The lowest BCUT2D eigenvalue weighted by Gasteiger charge is -2.43. The van der Waals surface area contributed by atoms with E-state index >= 15 is 0 Å². The molecule has 2 N–H and O–H groups in total. The van der Waals surface area contributed by atoms with Crippen molar-refractivity contribution in [1.29, 1.82) is 0 Å². The second-order valence-electron chi connectivity index (χ2n) is 6.63. The number of piperidine rings is 1. The Morgan fingerprint density at radius 2 is 2.28 bits per heavy atom. The van der Waals surface area contributed by atoms with Gasteiger partial charge in [0.25, 0.3) is 5.91 Å². The topological polar surface area (TPSA) is 91.3 Å². The first kappa shape index (κ1) is 17.6. The van der Waals surface area contributed by atoms with Crippen LogP contribution in [0.4, 0.5) is 0 Å². The highest BCUT2D eigenvalue weighted by Gasteiger charge is 2.40. The molecule has 2 aromatic rings. The summed E-state index contributed by atoms with van der Waals surface area (Å²) in [6.07, 6.45) is 2.56. The van der Waals surface area contributed by atoms with Gasteiger partial charge < -0.3 is 14.7 Å². The lowest BCUT2D eigenvalue weighted by Crippen LogP contribution is -2.53. The van der Waals surface area contributed by atoms with Crippen molar-refractivity contribution in [2.45, 2.75) is 25.4 Å². The van der Waals surface area contributed by atoms with E-state index in [1.54, 1.807) is 18.1 Å². The maximum absolute atomic E-state index is 13.0. The third-order valence-electron chi connectivity index (χ3n) is 5.08. The molecule has 0 radical (unpaired) electrons. The smallest absolute Gasteiger partial charge is 0.254 e. The van der Waals surface area contributed by atoms with Crippen LogP contribution in [0.5, 0.6) is 0 Å². The highest BCUT2D eigenvalue weighted by Crippen LogP contribution is 2.32. The fraction of sp³-hybridized carbons (Fsp3) is 0.500. The number of methoxy groups -OCH3 is 1. The monoisotopic (exact) mass is 344 g/mol. The van der Waals surface area contributed by atoms with E-state index in [2.05, 4.69) is 15.2 Å². The van der Waals surface area contributed by atoms with Crippen molar-refractivity contribution in [2.24, 2.45) is 5.92 Å². The number of amides is 1. The summed E-state index contributed by atoms with van der Waals surface area (Å²) in [7, 11) is 1.63. The summed E-state index contributed by atoms with van der Waals surface area (Å²) in [6, 6.07) is 7.37. The van der Waals surface area contributed by atoms with Crippen LogP contribution in [-0.4, -0.2) is 63.5 Å². The Morgan fingerprint density at radius 1 is 1.48 bits per heavy atom. The first-order valence-electron chi connectivity index (χ1n) is 8.50. The van der Waals surface area contributed by atoms with Crippen LogP contribution in [0.2, 0.25) is 0 Å². The number of ether oxygens (including phenoxy) is 1. The van der Waals surface area contributed by atoms with Crippen LogP contribution in [0.15, 0.2) is 30.6 Å². The van der Waals surface area contributed by atoms with Gasteiger partial charge in [-0.05, 0) is 18.9 Å². The molecular formula is C18H24N4O3. The molecule has 0 aliphatic carbocycles. The lowest BCUT2D eigenvalue weighted by molar-refractivity contribution is -0.0750. The van der Waals surface area contributed by atoms with Gasteiger partial charge in [-0.3, -0.25) is 9.89 Å². The minimum Gasteiger partial charge on any atom is -0.389 e. The van der Waals surface area contributed by atoms with Crippen molar-refractivity contribution in [3.8, 4) is 11.4 Å². The predicted molar refractivity (Wildman–Crippen MR) is 92.9 cm³/mol. The number of benzene rings is 1. The number of nitrogens with zero attached hydrogens (tertiary/aromatic N) is 3. The Morgan fingerprint density at radius 3 is 2.96 bits per heavy atom. The van der Waals surface area contributed by atoms with Crippen LogP contribution in [0, 0.1) is 5.92 Å². The average Bonchev–Trinajstić information content (AvgIpc) is 3.16. The Hall–Kier alpha value is -2.25. The zero-order valence-electron chi connectivity index (χ0n) is 14.6. The molecule has 7 nitrogen and oxygen atoms in total. The molecule has 25 heavy (non-hydrogen) atoms. The van der Waals surface area contributed by atoms with E-state index in [9.17, 15) is 9.90 Å². The first-order valence-corrected chi connectivity index (χ1v) is 8.50. The number of nitrogens with one attached hydrogen (secondary N) is 1. The van der Waals surface area contributed by atoms with Crippen LogP contribution in [0.1, 0.15) is 30.1 Å². The van der Waals surface area contributed by atoms with E-state index in [-0.39, 0.29) is 11.8 Å². The molecule has 0 spiro atoms. The second-order valence-corrected chi connectivity index (χ2v) is 6.63. The number of aromatic nitrogens is 3. The number of rotatable bonds is 5. The van der Waals surface area contributed by atoms with Gasteiger partial charge in [0, 0.05) is 38.3 Å². The standard InChI is InChI=1S/C18H24N4O3/c1-13-11-22(9-7-18(13,24)8-10-25-2)17(23)15-6-4-3-5-14(15)16-19-12-20-21-16/h3-6,12-13,24H,7-11H2,1-2H3,(H,19,20,21)/t13-,18-/m1/s1. The van der Waals surface area contributed by atoms with Gasteiger partial charge in [0.1, 0.15) is 6.33 Å². The molecule has 134 valence electrons. The number of carbonyl (C=O) groups excluding carboxylic acids is 1. The van der Waals surface area contributed by atoms with E-state index in [4.69, 9.17) is 4.74 Å². The fourth-order valence-electron chi connectivity index (χ4n) is 3.38. The Balaban J connectivity index is 1.78. The van der Waals surface area contributed by atoms with Crippen LogP contribution in [0.25, 0.3) is 11.4 Å². The fourth-order valence-corrected chi connectivity index (χ4v) is 3.38. The molecule has 1 aromatic carbocycles. The number of hydrogen-bond donors (Lipinski definition) is 2. The highest BCUT2D eigenvalue weighted by molar-refractivity contribution is 6.00. The summed E-state index contributed by atoms with van der Waals surface area (Å²) in [5, 5.41) is 17.5. The SMILES string of the molecule is COCC[C@]1(O)CCN(C(=O)c2ccccc2-c2ncn[nH]2)C[C@H]1C. The number of hydrogen-bond acceptors (Lipinski definition) is 5. The molecular weight excluding hydrogens is 320 g/mol. The zero-order chi connectivity index (χ0) is 17.9. The van der Waals surface area contributed by atoms with Crippen molar-refractivity contribution >= 4 is 5.91 Å². The van der Waals surface area contributed by atoms with Crippen molar-refractivity contribution in [2.75, 3.05) is 26.8 Å². The quantitative estimate of drug-likeness (QED) is 0.862. The molecule has 1 aromatic heterocycles. The van der Waals surface area contributed by atoms with Gasteiger partial charge in [-0.1, -0.05) is 25.1 Å². The average molecular weight is 344 g/mol. The highest BCUT2D eigenvalue weighted by atomic mass is 16.5. The van der Waals surface area contributed by atoms with Gasteiger partial charge in [-0.15, -0.1) is 0 Å². The molecule has 1 amide bonds. The summed E-state index contributed by atoms with van der Waals surface area (Å²) in [5.74, 6) is 0.510. The third kappa shape index (κ3) is 3.57. The van der Waals surface area contributed by atoms with Gasteiger partial charge >= 0.3 is 0 Å². The largest absolute Gasteiger partial charge is 0.389 e. The van der Waals surface area contributed by atoms with Crippen molar-refractivity contribution in [1.82, 2.24) is 20.1 Å². The molecule has 7 heteroatoms. The molecule has 1 saturated heterocycles. The summed E-state index contributed by atoms with van der Waals surface area (Å²) in [5.41, 5.74) is 0.545. The van der Waals surface area contributed by atoms with E-state index in [1.165, 1.54) is 6.33 Å². The van der Waals surface area contributed by atoms with Crippen molar-refractivity contribution < 1.29 is 14.6 Å². The van der Waals surface area contributed by atoms with Crippen molar-refractivity contribution in [3.63, 3.8) is 0 Å². The minimum atomic E-state index is -0.781. The van der Waals surface area contributed by atoms with Gasteiger partial charge in [0.2, 0.25) is 0 Å².